The van der Waals surface area contributed by atoms with Crippen LogP contribution in [0.1, 0.15) is 25.7 Å². The van der Waals surface area contributed by atoms with Crippen molar-refractivity contribution in [2.24, 2.45) is 5.92 Å². The summed E-state index contributed by atoms with van der Waals surface area (Å²) in [6, 6.07) is 4.99. The van der Waals surface area contributed by atoms with Crippen LogP contribution in [0.25, 0.3) is 0 Å². The Bertz CT molecular complexity index is 724. The molecule has 0 atom stereocenters. The molecule has 3 rings (SSSR count). The number of hydrogen-bond donors (Lipinski definition) is 1. The number of hydrogen-bond acceptors (Lipinski definition) is 4. The minimum atomic E-state index is -3.73. The minimum absolute atomic E-state index is 0.0507. The van der Waals surface area contributed by atoms with Crippen LogP contribution in [-0.4, -0.2) is 60.9 Å². The number of aliphatic hydroxyl groups is 1. The summed E-state index contributed by atoms with van der Waals surface area (Å²) in [5.74, 6) is -0.720. The van der Waals surface area contributed by atoms with Crippen LogP contribution in [0.15, 0.2) is 29.2 Å². The number of halogens is 1. The number of aliphatic hydroxyl groups excluding tert-OH is 1. The Morgan fingerprint density at radius 3 is 2.32 bits per heavy atom. The van der Waals surface area contributed by atoms with E-state index in [4.69, 9.17) is 0 Å². The van der Waals surface area contributed by atoms with E-state index in [2.05, 4.69) is 0 Å². The normalized spacial score (nSPS) is 21.4. The fourth-order valence-electron chi connectivity index (χ4n) is 3.46. The summed E-state index contributed by atoms with van der Waals surface area (Å²) < 4.78 is 39.8. The molecule has 0 spiro atoms. The molecule has 2 saturated heterocycles. The SMILES string of the molecule is O=C(C1CCN(S(=O)(=O)c2cccc(F)c2)CC1)N1CCC(O)CC1. The number of amides is 1. The second-order valence-electron chi connectivity index (χ2n) is 6.69. The second-order valence-corrected chi connectivity index (χ2v) is 8.63. The van der Waals surface area contributed by atoms with Crippen molar-refractivity contribution in [3.63, 3.8) is 0 Å². The molecule has 0 bridgehead atoms. The summed E-state index contributed by atoms with van der Waals surface area (Å²) in [5, 5.41) is 9.53. The summed E-state index contributed by atoms with van der Waals surface area (Å²) >= 11 is 0. The predicted molar refractivity (Wildman–Crippen MR) is 89.7 cm³/mol. The molecule has 0 unspecified atom stereocenters. The highest BCUT2D eigenvalue weighted by Crippen LogP contribution is 2.26. The largest absolute Gasteiger partial charge is 0.393 e. The van der Waals surface area contributed by atoms with Crippen molar-refractivity contribution in [2.45, 2.75) is 36.7 Å². The highest BCUT2D eigenvalue weighted by atomic mass is 32.2. The van der Waals surface area contributed by atoms with Crippen LogP contribution in [0.2, 0.25) is 0 Å². The molecule has 25 heavy (non-hydrogen) atoms. The van der Waals surface area contributed by atoms with Gasteiger partial charge in [0.05, 0.1) is 11.0 Å². The van der Waals surface area contributed by atoms with Crippen LogP contribution in [0.5, 0.6) is 0 Å². The van der Waals surface area contributed by atoms with Crippen molar-refractivity contribution in [2.75, 3.05) is 26.2 Å². The van der Waals surface area contributed by atoms with Crippen molar-refractivity contribution in [3.05, 3.63) is 30.1 Å². The van der Waals surface area contributed by atoms with Gasteiger partial charge in [0, 0.05) is 32.1 Å². The van der Waals surface area contributed by atoms with E-state index in [9.17, 15) is 22.7 Å². The van der Waals surface area contributed by atoms with Gasteiger partial charge in [-0.3, -0.25) is 4.79 Å². The van der Waals surface area contributed by atoms with E-state index in [1.165, 1.54) is 22.5 Å². The van der Waals surface area contributed by atoms with Crippen LogP contribution >= 0.6 is 0 Å². The van der Waals surface area contributed by atoms with Crippen LogP contribution < -0.4 is 0 Å². The zero-order valence-electron chi connectivity index (χ0n) is 14.0. The quantitative estimate of drug-likeness (QED) is 0.868. The summed E-state index contributed by atoms with van der Waals surface area (Å²) in [6.07, 6.45) is 1.79. The first-order chi connectivity index (χ1) is 11.9. The smallest absolute Gasteiger partial charge is 0.243 e. The van der Waals surface area contributed by atoms with Gasteiger partial charge in [-0.1, -0.05) is 6.07 Å². The van der Waals surface area contributed by atoms with Crippen molar-refractivity contribution in [1.82, 2.24) is 9.21 Å². The number of likely N-dealkylation sites (tertiary alicyclic amines) is 1. The Labute approximate surface area is 147 Å². The summed E-state index contributed by atoms with van der Waals surface area (Å²) in [4.78, 5) is 14.3. The predicted octanol–water partition coefficient (Wildman–Crippen LogP) is 1.21. The van der Waals surface area contributed by atoms with E-state index in [0.717, 1.165) is 6.07 Å². The molecule has 2 aliphatic heterocycles. The number of carbonyl (C=O) groups excluding carboxylic acids is 1. The summed E-state index contributed by atoms with van der Waals surface area (Å²) in [7, 11) is -3.73. The van der Waals surface area contributed by atoms with Crippen molar-refractivity contribution in [3.8, 4) is 0 Å². The van der Waals surface area contributed by atoms with Gasteiger partial charge in [0.15, 0.2) is 0 Å². The summed E-state index contributed by atoms with van der Waals surface area (Å²) in [6.45, 7) is 1.63. The zero-order chi connectivity index (χ0) is 18.0. The molecule has 1 aromatic carbocycles. The van der Waals surface area contributed by atoms with Gasteiger partial charge < -0.3 is 10.0 Å². The molecule has 1 aromatic rings. The second kappa shape index (κ2) is 7.39. The Balaban J connectivity index is 1.61. The molecular formula is C17H23FN2O4S. The number of benzene rings is 1. The third kappa shape index (κ3) is 4.02. The van der Waals surface area contributed by atoms with Gasteiger partial charge in [-0.05, 0) is 43.9 Å². The van der Waals surface area contributed by atoms with E-state index < -0.39 is 15.8 Å². The lowest BCUT2D eigenvalue weighted by Crippen LogP contribution is -2.47. The fraction of sp³-hybridized carbons (Fsp3) is 0.588. The van der Waals surface area contributed by atoms with Gasteiger partial charge in [-0.15, -0.1) is 0 Å². The molecule has 1 amide bonds. The zero-order valence-corrected chi connectivity index (χ0v) is 14.8. The molecule has 1 N–H and O–H groups in total. The molecule has 2 heterocycles. The van der Waals surface area contributed by atoms with Crippen LogP contribution in [-0.2, 0) is 14.8 Å². The van der Waals surface area contributed by atoms with E-state index in [0.29, 0.717) is 38.8 Å². The van der Waals surface area contributed by atoms with Gasteiger partial charge in [0.1, 0.15) is 5.82 Å². The third-order valence-corrected chi connectivity index (χ3v) is 6.91. The number of sulfonamides is 1. The van der Waals surface area contributed by atoms with Crippen LogP contribution in [0, 0.1) is 11.7 Å². The van der Waals surface area contributed by atoms with E-state index in [1.807, 2.05) is 0 Å². The number of nitrogens with zero attached hydrogens (tertiary/aromatic N) is 2. The lowest BCUT2D eigenvalue weighted by Gasteiger charge is -2.36. The maximum atomic E-state index is 13.3. The first kappa shape index (κ1) is 18.3. The standard InChI is InChI=1S/C17H23FN2O4S/c18-14-2-1-3-16(12-14)25(23,24)20-10-4-13(5-11-20)17(22)19-8-6-15(21)7-9-19/h1-3,12-13,15,21H,4-11H2. The molecule has 8 heteroatoms. The molecule has 2 aliphatic rings. The van der Waals surface area contributed by atoms with Crippen molar-refractivity contribution < 1.29 is 22.7 Å². The van der Waals surface area contributed by atoms with Gasteiger partial charge >= 0.3 is 0 Å². The Morgan fingerprint density at radius 1 is 1.08 bits per heavy atom. The molecule has 0 aromatic heterocycles. The maximum Gasteiger partial charge on any atom is 0.243 e. The Morgan fingerprint density at radius 2 is 1.72 bits per heavy atom. The van der Waals surface area contributed by atoms with E-state index in [1.54, 1.807) is 4.90 Å². The van der Waals surface area contributed by atoms with E-state index >= 15 is 0 Å². The number of piperidine rings is 2. The molecule has 0 aliphatic carbocycles. The van der Waals surface area contributed by atoms with Crippen LogP contribution in [0.4, 0.5) is 4.39 Å². The lowest BCUT2D eigenvalue weighted by atomic mass is 9.95. The fourth-order valence-corrected chi connectivity index (χ4v) is 4.97. The average molecular weight is 370 g/mol. The third-order valence-electron chi connectivity index (χ3n) is 5.01. The first-order valence-corrected chi connectivity index (χ1v) is 10.0. The molecule has 138 valence electrons. The summed E-state index contributed by atoms with van der Waals surface area (Å²) in [5.41, 5.74) is 0. The Hall–Kier alpha value is -1.51. The average Bonchev–Trinajstić information content (AvgIpc) is 2.62. The van der Waals surface area contributed by atoms with Crippen molar-refractivity contribution in [1.29, 1.82) is 0 Å². The molecule has 0 radical (unpaired) electrons. The van der Waals surface area contributed by atoms with Gasteiger partial charge in [0.25, 0.3) is 0 Å². The van der Waals surface area contributed by atoms with E-state index in [-0.39, 0.29) is 35.9 Å². The van der Waals surface area contributed by atoms with Crippen molar-refractivity contribution >= 4 is 15.9 Å². The Kier molecular flexibility index (Phi) is 5.41. The molecule has 2 fully saturated rings. The number of rotatable bonds is 3. The first-order valence-electron chi connectivity index (χ1n) is 8.60. The van der Waals surface area contributed by atoms with Gasteiger partial charge in [-0.2, -0.15) is 4.31 Å². The van der Waals surface area contributed by atoms with Crippen LogP contribution in [0.3, 0.4) is 0 Å². The monoisotopic (exact) mass is 370 g/mol. The van der Waals surface area contributed by atoms with Gasteiger partial charge in [0.2, 0.25) is 15.9 Å². The number of carbonyl (C=O) groups is 1. The molecular weight excluding hydrogens is 347 g/mol. The topological polar surface area (TPSA) is 77.9 Å². The maximum absolute atomic E-state index is 13.3. The minimum Gasteiger partial charge on any atom is -0.393 e. The molecule has 6 nitrogen and oxygen atoms in total. The lowest BCUT2D eigenvalue weighted by molar-refractivity contribution is -0.138. The van der Waals surface area contributed by atoms with Gasteiger partial charge in [-0.25, -0.2) is 12.8 Å². The highest BCUT2D eigenvalue weighted by Gasteiger charge is 2.34. The highest BCUT2D eigenvalue weighted by molar-refractivity contribution is 7.89. The molecule has 0 saturated carbocycles.